The van der Waals surface area contributed by atoms with Crippen LogP contribution in [0, 0.1) is 0 Å². The van der Waals surface area contributed by atoms with Crippen LogP contribution in [0.1, 0.15) is 5.56 Å². The normalized spacial score (nSPS) is 11.7. The van der Waals surface area contributed by atoms with Crippen LogP contribution in [0.15, 0.2) is 24.3 Å². The summed E-state index contributed by atoms with van der Waals surface area (Å²) in [5, 5.41) is 18.0. The zero-order valence-electron chi connectivity index (χ0n) is 7.58. The van der Waals surface area contributed by atoms with Crippen LogP contribution in [0.5, 0.6) is 0 Å². The third kappa shape index (κ3) is 2.67. The summed E-state index contributed by atoms with van der Waals surface area (Å²) in [6.07, 6.45) is -0.0837. The minimum atomic E-state index is -2.00. The predicted molar refractivity (Wildman–Crippen MR) is 53.2 cm³/mol. The molecular formula is C10H12ClFO2. The summed E-state index contributed by atoms with van der Waals surface area (Å²) >= 11 is 5.81. The summed E-state index contributed by atoms with van der Waals surface area (Å²) in [7, 11) is 0. The topological polar surface area (TPSA) is 40.5 Å². The summed E-state index contributed by atoms with van der Waals surface area (Å²) in [4.78, 5) is 0. The first-order chi connectivity index (χ1) is 6.61. The van der Waals surface area contributed by atoms with Crippen molar-refractivity contribution in [1.29, 1.82) is 0 Å². The lowest BCUT2D eigenvalue weighted by atomic mass is 9.98. The first-order valence-electron chi connectivity index (χ1n) is 4.25. The van der Waals surface area contributed by atoms with E-state index in [0.717, 1.165) is 0 Å². The SMILES string of the molecule is OCC(F)(CO)Cc1ccccc1Cl. The van der Waals surface area contributed by atoms with Crippen molar-refractivity contribution in [2.75, 3.05) is 13.2 Å². The molecule has 1 aromatic carbocycles. The molecular weight excluding hydrogens is 207 g/mol. The van der Waals surface area contributed by atoms with E-state index in [-0.39, 0.29) is 6.42 Å². The molecule has 0 unspecified atom stereocenters. The van der Waals surface area contributed by atoms with Gasteiger partial charge in [-0.3, -0.25) is 0 Å². The average molecular weight is 219 g/mol. The van der Waals surface area contributed by atoms with Crippen molar-refractivity contribution in [3.8, 4) is 0 Å². The lowest BCUT2D eigenvalue weighted by molar-refractivity contribution is 0.0166. The van der Waals surface area contributed by atoms with Crippen molar-refractivity contribution in [2.24, 2.45) is 0 Å². The molecule has 2 N–H and O–H groups in total. The van der Waals surface area contributed by atoms with Crippen LogP contribution in [0.2, 0.25) is 5.02 Å². The van der Waals surface area contributed by atoms with E-state index < -0.39 is 18.9 Å². The molecule has 2 nitrogen and oxygen atoms in total. The van der Waals surface area contributed by atoms with Gasteiger partial charge in [-0.05, 0) is 11.6 Å². The largest absolute Gasteiger partial charge is 0.393 e. The highest BCUT2D eigenvalue weighted by Crippen LogP contribution is 2.23. The zero-order valence-corrected chi connectivity index (χ0v) is 8.34. The summed E-state index contributed by atoms with van der Waals surface area (Å²) in [6, 6.07) is 6.79. The zero-order chi connectivity index (χ0) is 10.6. The van der Waals surface area contributed by atoms with Crippen molar-refractivity contribution in [3.63, 3.8) is 0 Å². The standard InChI is InChI=1S/C10H12ClFO2/c11-9-4-2-1-3-8(9)5-10(12,6-13)7-14/h1-4,13-14H,5-7H2. The fraction of sp³-hybridized carbons (Fsp3) is 0.400. The Morgan fingerprint density at radius 3 is 2.29 bits per heavy atom. The summed E-state index contributed by atoms with van der Waals surface area (Å²) in [6.45, 7) is -1.43. The van der Waals surface area contributed by atoms with Gasteiger partial charge in [0, 0.05) is 11.4 Å². The van der Waals surface area contributed by atoms with Crippen LogP contribution in [-0.4, -0.2) is 29.1 Å². The molecule has 0 aliphatic heterocycles. The molecule has 4 heteroatoms. The van der Waals surface area contributed by atoms with Gasteiger partial charge in [0.1, 0.15) is 0 Å². The van der Waals surface area contributed by atoms with E-state index in [9.17, 15) is 4.39 Å². The van der Waals surface area contributed by atoms with E-state index in [0.29, 0.717) is 10.6 Å². The first kappa shape index (κ1) is 11.4. The highest BCUT2D eigenvalue weighted by Gasteiger charge is 2.28. The number of alkyl halides is 1. The molecule has 0 bridgehead atoms. The van der Waals surface area contributed by atoms with Gasteiger partial charge in [0.25, 0.3) is 0 Å². The molecule has 1 aromatic rings. The lowest BCUT2D eigenvalue weighted by Gasteiger charge is -2.20. The molecule has 0 aliphatic carbocycles. The van der Waals surface area contributed by atoms with Gasteiger partial charge in [0.15, 0.2) is 5.67 Å². The molecule has 0 fully saturated rings. The Kier molecular flexibility index (Phi) is 3.86. The smallest absolute Gasteiger partial charge is 0.160 e. The molecule has 0 spiro atoms. The van der Waals surface area contributed by atoms with Crippen LogP contribution in [0.25, 0.3) is 0 Å². The lowest BCUT2D eigenvalue weighted by Crippen LogP contribution is -2.34. The minimum absolute atomic E-state index is 0.0837. The van der Waals surface area contributed by atoms with Gasteiger partial charge in [-0.25, -0.2) is 4.39 Å². The van der Waals surface area contributed by atoms with E-state index in [4.69, 9.17) is 21.8 Å². The Morgan fingerprint density at radius 2 is 1.79 bits per heavy atom. The van der Waals surface area contributed by atoms with E-state index in [1.165, 1.54) is 0 Å². The quantitative estimate of drug-likeness (QED) is 0.806. The second-order valence-electron chi connectivity index (χ2n) is 3.24. The molecule has 14 heavy (non-hydrogen) atoms. The summed E-state index contributed by atoms with van der Waals surface area (Å²) in [5.74, 6) is 0. The van der Waals surface area contributed by atoms with Crippen molar-refractivity contribution in [1.82, 2.24) is 0 Å². The number of rotatable bonds is 4. The second-order valence-corrected chi connectivity index (χ2v) is 3.64. The van der Waals surface area contributed by atoms with Gasteiger partial charge >= 0.3 is 0 Å². The average Bonchev–Trinajstić information content (AvgIpc) is 2.21. The maximum Gasteiger partial charge on any atom is 0.160 e. The van der Waals surface area contributed by atoms with E-state index in [1.54, 1.807) is 24.3 Å². The Hall–Kier alpha value is -0.640. The number of hydrogen-bond donors (Lipinski definition) is 2. The van der Waals surface area contributed by atoms with Gasteiger partial charge < -0.3 is 10.2 Å². The molecule has 1 rings (SSSR count). The van der Waals surface area contributed by atoms with Crippen LogP contribution in [0.4, 0.5) is 4.39 Å². The molecule has 0 radical (unpaired) electrons. The molecule has 0 saturated carbocycles. The first-order valence-corrected chi connectivity index (χ1v) is 4.63. The fourth-order valence-corrected chi connectivity index (χ4v) is 1.35. The molecule has 78 valence electrons. The third-order valence-electron chi connectivity index (χ3n) is 2.03. The summed E-state index contributed by atoms with van der Waals surface area (Å²) < 4.78 is 13.6. The minimum Gasteiger partial charge on any atom is -0.393 e. The third-order valence-corrected chi connectivity index (χ3v) is 2.40. The highest BCUT2D eigenvalue weighted by molar-refractivity contribution is 6.31. The van der Waals surface area contributed by atoms with Crippen LogP contribution >= 0.6 is 11.6 Å². The van der Waals surface area contributed by atoms with Gasteiger partial charge in [0.05, 0.1) is 13.2 Å². The number of benzene rings is 1. The monoisotopic (exact) mass is 218 g/mol. The van der Waals surface area contributed by atoms with Crippen molar-refractivity contribution >= 4 is 11.6 Å². The van der Waals surface area contributed by atoms with E-state index >= 15 is 0 Å². The van der Waals surface area contributed by atoms with E-state index in [2.05, 4.69) is 0 Å². The maximum atomic E-state index is 13.6. The van der Waals surface area contributed by atoms with Crippen LogP contribution in [-0.2, 0) is 6.42 Å². The maximum absolute atomic E-state index is 13.6. The predicted octanol–water partition coefficient (Wildman–Crippen LogP) is 1.58. The van der Waals surface area contributed by atoms with Crippen LogP contribution in [0.3, 0.4) is 0 Å². The van der Waals surface area contributed by atoms with Gasteiger partial charge in [-0.15, -0.1) is 0 Å². The number of hydrogen-bond acceptors (Lipinski definition) is 2. The Balaban J connectivity index is 2.82. The molecule has 0 saturated heterocycles. The summed E-state index contributed by atoms with van der Waals surface area (Å²) in [5.41, 5.74) is -1.41. The number of aliphatic hydroxyl groups is 2. The van der Waals surface area contributed by atoms with Gasteiger partial charge in [0.2, 0.25) is 0 Å². The van der Waals surface area contributed by atoms with E-state index in [1.807, 2.05) is 0 Å². The van der Waals surface area contributed by atoms with Crippen molar-refractivity contribution < 1.29 is 14.6 Å². The van der Waals surface area contributed by atoms with Crippen molar-refractivity contribution in [2.45, 2.75) is 12.1 Å². The molecule has 0 aromatic heterocycles. The molecule has 0 amide bonds. The number of halogens is 2. The Bertz CT molecular complexity index is 300. The fourth-order valence-electron chi connectivity index (χ4n) is 1.14. The van der Waals surface area contributed by atoms with Gasteiger partial charge in [-0.2, -0.15) is 0 Å². The molecule has 0 heterocycles. The second kappa shape index (κ2) is 4.73. The highest BCUT2D eigenvalue weighted by atomic mass is 35.5. The van der Waals surface area contributed by atoms with Crippen molar-refractivity contribution in [3.05, 3.63) is 34.9 Å². The Labute approximate surface area is 86.9 Å². The number of aliphatic hydroxyl groups excluding tert-OH is 2. The molecule has 0 aliphatic rings. The van der Waals surface area contributed by atoms with Crippen LogP contribution < -0.4 is 0 Å². The molecule has 0 atom stereocenters. The Morgan fingerprint density at radius 1 is 1.21 bits per heavy atom. The van der Waals surface area contributed by atoms with Gasteiger partial charge in [-0.1, -0.05) is 29.8 Å².